The lowest BCUT2D eigenvalue weighted by Crippen LogP contribution is -2.45. The largest absolute Gasteiger partial charge is 0.458 e. The molecule has 0 bridgehead atoms. The second kappa shape index (κ2) is 15.1. The van der Waals surface area contributed by atoms with E-state index in [4.69, 9.17) is 9.47 Å². The van der Waals surface area contributed by atoms with Gasteiger partial charge in [0, 0.05) is 70.9 Å². The summed E-state index contributed by atoms with van der Waals surface area (Å²) in [6, 6.07) is 22.3. The highest BCUT2D eigenvalue weighted by molar-refractivity contribution is 5.91. The van der Waals surface area contributed by atoms with Crippen LogP contribution in [0.2, 0.25) is 0 Å². The first-order valence-corrected chi connectivity index (χ1v) is 19.8. The van der Waals surface area contributed by atoms with Crippen molar-refractivity contribution in [3.63, 3.8) is 0 Å². The monoisotopic (exact) mass is 704 g/mol. The molecule has 0 unspecified atom stereocenters. The zero-order chi connectivity index (χ0) is 35.8. The molecular formula is C44H56N4O4. The standard InChI is InChI=1S/C44H56N4O4/c1-44-17-16-38-37-13-11-36(51-42(49)34-8-4-6-31(26-34)29-47-22-18-45(2)19-23-47)28-33(37)10-12-39(38)40(44)14-15-41(44)52-43(50)35-9-5-7-32(27-35)30-48-24-20-46(3)21-25-48/h4-9,11,13,26-28,38-41H,10,12,14-25,29-30H2,1-3H3/t38-,39-,40+,41+,44+/m1/s1. The van der Waals surface area contributed by atoms with E-state index in [0.717, 1.165) is 110 Å². The Hall–Kier alpha value is -3.56. The van der Waals surface area contributed by atoms with E-state index in [1.165, 1.54) is 16.7 Å². The molecular weight excluding hydrogens is 649 g/mol. The molecule has 52 heavy (non-hydrogen) atoms. The van der Waals surface area contributed by atoms with Crippen molar-refractivity contribution < 1.29 is 19.1 Å². The van der Waals surface area contributed by atoms with E-state index in [1.54, 1.807) is 0 Å². The zero-order valence-corrected chi connectivity index (χ0v) is 31.4. The molecule has 5 atom stereocenters. The zero-order valence-electron chi connectivity index (χ0n) is 31.4. The van der Waals surface area contributed by atoms with Crippen LogP contribution in [-0.2, 0) is 24.2 Å². The molecule has 0 N–H and O–H groups in total. The van der Waals surface area contributed by atoms with E-state index < -0.39 is 0 Å². The SMILES string of the molecule is CN1CCN(Cc2cccc(C(=O)Oc3ccc4c(c3)CC[C@@H]3[C@@H]4CC[C@]4(C)[C@@H](OC(=O)c5cccc(CN6CCN(C)CC6)c5)CC[C@@H]34)c2)CC1. The van der Waals surface area contributed by atoms with Gasteiger partial charge in [0.05, 0.1) is 11.1 Å². The molecule has 3 aliphatic carbocycles. The van der Waals surface area contributed by atoms with Crippen molar-refractivity contribution in [3.05, 3.63) is 100 Å². The van der Waals surface area contributed by atoms with Crippen LogP contribution in [0.4, 0.5) is 0 Å². The summed E-state index contributed by atoms with van der Waals surface area (Å²) in [5, 5.41) is 0. The van der Waals surface area contributed by atoms with E-state index in [-0.39, 0.29) is 23.5 Å². The second-order valence-corrected chi connectivity index (χ2v) is 16.7. The van der Waals surface area contributed by atoms with Gasteiger partial charge in [0.2, 0.25) is 0 Å². The van der Waals surface area contributed by atoms with Gasteiger partial charge in [0.15, 0.2) is 0 Å². The molecule has 0 aromatic heterocycles. The van der Waals surface area contributed by atoms with E-state index in [0.29, 0.717) is 34.6 Å². The summed E-state index contributed by atoms with van der Waals surface area (Å²) in [4.78, 5) is 36.5. The maximum absolute atomic E-state index is 13.6. The molecule has 0 spiro atoms. The van der Waals surface area contributed by atoms with Gasteiger partial charge < -0.3 is 19.3 Å². The van der Waals surface area contributed by atoms with Crippen LogP contribution >= 0.6 is 0 Å². The van der Waals surface area contributed by atoms with Gasteiger partial charge in [-0.1, -0.05) is 37.3 Å². The Labute approximate surface area is 310 Å². The van der Waals surface area contributed by atoms with Crippen LogP contribution in [0.5, 0.6) is 5.75 Å². The molecule has 0 amide bonds. The number of carbonyl (C=O) groups excluding carboxylic acids is 2. The molecule has 2 heterocycles. The van der Waals surface area contributed by atoms with Crippen molar-refractivity contribution in [3.8, 4) is 5.75 Å². The van der Waals surface area contributed by atoms with Gasteiger partial charge in [-0.15, -0.1) is 0 Å². The average molecular weight is 705 g/mol. The van der Waals surface area contributed by atoms with Crippen LogP contribution in [0.25, 0.3) is 0 Å². The Morgan fingerprint density at radius 3 is 1.96 bits per heavy atom. The molecule has 5 aliphatic rings. The molecule has 3 aromatic carbocycles. The summed E-state index contributed by atoms with van der Waals surface area (Å²) < 4.78 is 12.4. The number of ether oxygens (including phenoxy) is 2. The lowest BCUT2D eigenvalue weighted by molar-refractivity contribution is -0.0428. The first-order valence-electron chi connectivity index (χ1n) is 19.8. The molecule has 4 fully saturated rings. The fraction of sp³-hybridized carbons (Fsp3) is 0.545. The summed E-state index contributed by atoms with van der Waals surface area (Å²) in [6.07, 6.45) is 6.26. The second-order valence-electron chi connectivity index (χ2n) is 16.7. The first kappa shape index (κ1) is 35.5. The van der Waals surface area contributed by atoms with Gasteiger partial charge in [-0.25, -0.2) is 9.59 Å². The van der Waals surface area contributed by atoms with Gasteiger partial charge in [-0.05, 0) is 129 Å². The molecule has 2 saturated heterocycles. The van der Waals surface area contributed by atoms with Gasteiger partial charge in [0.1, 0.15) is 11.9 Å². The Morgan fingerprint density at radius 2 is 1.33 bits per heavy atom. The molecule has 3 aromatic rings. The predicted molar refractivity (Wildman–Crippen MR) is 204 cm³/mol. The number of rotatable bonds is 8. The van der Waals surface area contributed by atoms with Crippen LogP contribution in [-0.4, -0.2) is 104 Å². The lowest BCUT2D eigenvalue weighted by atomic mass is 9.55. The minimum atomic E-state index is -0.296. The van der Waals surface area contributed by atoms with Crippen LogP contribution in [0.15, 0.2) is 66.7 Å². The Bertz CT molecular complexity index is 1760. The number of benzene rings is 3. The molecule has 276 valence electrons. The molecule has 8 rings (SSSR count). The number of carbonyl (C=O) groups is 2. The Morgan fingerprint density at radius 1 is 0.712 bits per heavy atom. The van der Waals surface area contributed by atoms with Crippen LogP contribution in [0.1, 0.15) is 87.9 Å². The normalized spacial score (nSPS) is 28.4. The summed E-state index contributed by atoms with van der Waals surface area (Å²) in [7, 11) is 4.34. The third-order valence-corrected chi connectivity index (χ3v) is 13.4. The van der Waals surface area contributed by atoms with Gasteiger partial charge >= 0.3 is 11.9 Å². The Balaban J connectivity index is 0.884. The number of fused-ring (bicyclic) bond motifs is 5. The number of esters is 2. The average Bonchev–Trinajstić information content (AvgIpc) is 3.49. The fourth-order valence-corrected chi connectivity index (χ4v) is 10.3. The third kappa shape index (κ3) is 7.45. The van der Waals surface area contributed by atoms with Gasteiger partial charge in [0.25, 0.3) is 0 Å². The van der Waals surface area contributed by atoms with Crippen molar-refractivity contribution in [1.82, 2.24) is 19.6 Å². The topological polar surface area (TPSA) is 65.6 Å². The number of piperazine rings is 2. The number of aryl methyl sites for hydroxylation is 1. The van der Waals surface area contributed by atoms with Crippen LogP contribution in [0.3, 0.4) is 0 Å². The van der Waals surface area contributed by atoms with E-state index in [2.05, 4.69) is 64.9 Å². The van der Waals surface area contributed by atoms with E-state index in [1.807, 2.05) is 42.5 Å². The molecule has 8 nitrogen and oxygen atoms in total. The molecule has 2 aliphatic heterocycles. The van der Waals surface area contributed by atoms with Crippen molar-refractivity contribution >= 4 is 11.9 Å². The number of hydrogen-bond donors (Lipinski definition) is 0. The highest BCUT2D eigenvalue weighted by atomic mass is 16.5. The number of likely N-dealkylation sites (N-methyl/N-ethyl adjacent to an activating group) is 2. The first-order chi connectivity index (χ1) is 25.2. The van der Waals surface area contributed by atoms with Crippen molar-refractivity contribution in [2.45, 2.75) is 70.6 Å². The highest BCUT2D eigenvalue weighted by Crippen LogP contribution is 2.61. The van der Waals surface area contributed by atoms with E-state index in [9.17, 15) is 9.59 Å². The maximum atomic E-state index is 13.6. The quantitative estimate of drug-likeness (QED) is 0.195. The third-order valence-electron chi connectivity index (χ3n) is 13.4. The van der Waals surface area contributed by atoms with Crippen molar-refractivity contribution in [2.24, 2.45) is 17.3 Å². The lowest BCUT2D eigenvalue weighted by Gasteiger charge is -2.50. The van der Waals surface area contributed by atoms with Crippen molar-refractivity contribution in [2.75, 3.05) is 66.5 Å². The highest BCUT2D eigenvalue weighted by Gasteiger charge is 2.56. The van der Waals surface area contributed by atoms with Gasteiger partial charge in [-0.2, -0.15) is 0 Å². The summed E-state index contributed by atoms with van der Waals surface area (Å²) in [5.74, 6) is 1.78. The molecule has 2 saturated carbocycles. The van der Waals surface area contributed by atoms with Crippen molar-refractivity contribution in [1.29, 1.82) is 0 Å². The fourth-order valence-electron chi connectivity index (χ4n) is 10.3. The van der Waals surface area contributed by atoms with E-state index >= 15 is 0 Å². The number of nitrogens with zero attached hydrogens (tertiary/aromatic N) is 4. The summed E-state index contributed by atoms with van der Waals surface area (Å²) in [5.41, 5.74) is 6.34. The molecule has 8 heteroatoms. The van der Waals surface area contributed by atoms with Crippen LogP contribution in [0, 0.1) is 17.3 Å². The number of hydrogen-bond acceptors (Lipinski definition) is 8. The van der Waals surface area contributed by atoms with Gasteiger partial charge in [-0.3, -0.25) is 9.80 Å². The summed E-state index contributed by atoms with van der Waals surface area (Å²) in [6.45, 7) is 12.6. The predicted octanol–water partition coefficient (Wildman–Crippen LogP) is 6.48. The maximum Gasteiger partial charge on any atom is 0.343 e. The Kier molecular flexibility index (Phi) is 10.3. The summed E-state index contributed by atoms with van der Waals surface area (Å²) >= 11 is 0. The molecule has 0 radical (unpaired) electrons. The smallest absolute Gasteiger partial charge is 0.343 e. The van der Waals surface area contributed by atoms with Crippen LogP contribution < -0.4 is 4.74 Å². The minimum Gasteiger partial charge on any atom is -0.458 e. The minimum absolute atomic E-state index is 0.000124.